The lowest BCUT2D eigenvalue weighted by Gasteiger charge is -2.37. The van der Waals surface area contributed by atoms with Gasteiger partial charge in [0.1, 0.15) is 41.9 Å². The van der Waals surface area contributed by atoms with Gasteiger partial charge in [-0.15, -0.1) is 11.3 Å². The minimum Gasteiger partial charge on any atom is -0.394 e. The molecule has 2 aliphatic rings. The Morgan fingerprint density at radius 1 is 1.01 bits per heavy atom. The lowest BCUT2D eigenvalue weighted by atomic mass is 9.85. The van der Waals surface area contributed by atoms with Crippen LogP contribution in [-0.4, -0.2) is 151 Å². The van der Waals surface area contributed by atoms with Crippen LogP contribution in [0.3, 0.4) is 0 Å². The number of aromatic nitrogens is 5. The number of oxime groups is 1. The Morgan fingerprint density at radius 3 is 2.41 bits per heavy atom. The molecule has 4 amide bonds. The fourth-order valence-corrected chi connectivity index (χ4v) is 9.62. The summed E-state index contributed by atoms with van der Waals surface area (Å²) in [5.41, 5.74) is 7.16. The summed E-state index contributed by atoms with van der Waals surface area (Å²) in [7, 11) is 0. The molecule has 376 valence electrons. The van der Waals surface area contributed by atoms with Crippen LogP contribution in [0.4, 0.5) is 0 Å². The third kappa shape index (κ3) is 13.5. The van der Waals surface area contributed by atoms with Crippen LogP contribution < -0.4 is 16.0 Å². The summed E-state index contributed by atoms with van der Waals surface area (Å²) in [6.07, 6.45) is 1.04. The second kappa shape index (κ2) is 23.2. The van der Waals surface area contributed by atoms with Crippen molar-refractivity contribution in [1.82, 2.24) is 55.6 Å². The number of H-pyrrole nitrogens is 1. The first-order valence-electron chi connectivity index (χ1n) is 23.7. The maximum atomic E-state index is 14.2. The molecule has 0 unspecified atom stereocenters. The second-order valence-corrected chi connectivity index (χ2v) is 20.5. The average molecular weight is 1010 g/mol. The molecule has 21 heteroatoms. The minimum atomic E-state index is -0.927. The van der Waals surface area contributed by atoms with Crippen molar-refractivity contribution in [1.29, 1.82) is 5.26 Å². The van der Waals surface area contributed by atoms with Crippen LogP contribution in [0.25, 0.3) is 21.7 Å². The highest BCUT2D eigenvalue weighted by Crippen LogP contribution is 2.30. The quantitative estimate of drug-likeness (QED) is 0.0453. The highest BCUT2D eigenvalue weighted by molar-refractivity contribution is 7.13. The summed E-state index contributed by atoms with van der Waals surface area (Å²) in [5.74, 6) is -1.39. The summed E-state index contributed by atoms with van der Waals surface area (Å²) in [6.45, 7) is 17.2. The number of carbonyl (C=O) groups is 4. The van der Waals surface area contributed by atoms with E-state index in [-0.39, 0.29) is 55.0 Å². The molecule has 0 spiro atoms. The second-order valence-electron chi connectivity index (χ2n) is 19.3. The van der Waals surface area contributed by atoms with E-state index < -0.39 is 29.5 Å². The third-order valence-corrected chi connectivity index (χ3v) is 13.9. The number of thiazole rings is 1. The van der Waals surface area contributed by atoms with Crippen molar-refractivity contribution < 1.29 is 29.1 Å². The molecule has 3 aromatic heterocycles. The fourth-order valence-electron chi connectivity index (χ4n) is 8.59. The molecule has 5 N–H and O–H groups in total. The van der Waals surface area contributed by atoms with E-state index in [4.69, 9.17) is 21.7 Å². The monoisotopic (exact) mass is 1010 g/mol. The predicted molar refractivity (Wildman–Crippen MR) is 270 cm³/mol. The van der Waals surface area contributed by atoms with Crippen LogP contribution in [-0.2, 0) is 25.8 Å². The summed E-state index contributed by atoms with van der Waals surface area (Å²) in [6, 6.07) is 16.2. The van der Waals surface area contributed by atoms with Gasteiger partial charge in [-0.25, -0.2) is 4.98 Å². The van der Waals surface area contributed by atoms with Crippen LogP contribution in [0.1, 0.15) is 87.0 Å². The summed E-state index contributed by atoms with van der Waals surface area (Å²) in [5, 5.41) is 45.0. The molecule has 5 aromatic rings. The Bertz CT molecular complexity index is 2750. The molecule has 5 atom stereocenters. The molecular formula is C50H62ClN13O6S. The van der Waals surface area contributed by atoms with E-state index in [0.29, 0.717) is 73.6 Å². The van der Waals surface area contributed by atoms with Gasteiger partial charge in [0.2, 0.25) is 17.7 Å². The number of halogens is 1. The number of carbonyl (C=O) groups excluding carboxylic acids is 4. The van der Waals surface area contributed by atoms with Crippen molar-refractivity contribution in [3.05, 3.63) is 99.5 Å². The number of aryl methyl sites for hydroxylation is 1. The first-order chi connectivity index (χ1) is 33.9. The molecule has 2 aliphatic heterocycles. The molecule has 0 saturated carbocycles. The maximum Gasteiger partial charge on any atom is 0.269 e. The van der Waals surface area contributed by atoms with Gasteiger partial charge in [0.15, 0.2) is 0 Å². The van der Waals surface area contributed by atoms with Crippen LogP contribution >= 0.6 is 22.9 Å². The van der Waals surface area contributed by atoms with E-state index in [0.717, 1.165) is 27.3 Å². The first kappa shape index (κ1) is 52.3. The van der Waals surface area contributed by atoms with Crippen LogP contribution in [0, 0.1) is 23.7 Å². The highest BCUT2D eigenvalue weighted by atomic mass is 35.5. The van der Waals surface area contributed by atoms with Crippen molar-refractivity contribution in [2.24, 2.45) is 10.6 Å². The number of aromatic amines is 1. The fraction of sp³-hybridized carbons (Fsp3) is 0.460. The number of β-amino-alcohol motifs (C(OH)–C–C–N with tert-alkyl or cyclic N) is 1. The Balaban J connectivity index is 0.818. The normalized spacial score (nSPS) is 18.1. The number of benzene rings is 2. The molecule has 0 bridgehead atoms. The number of nitriles is 1. The summed E-state index contributed by atoms with van der Waals surface area (Å²) >= 11 is 7.77. The first-order valence-corrected chi connectivity index (χ1v) is 24.9. The van der Waals surface area contributed by atoms with E-state index in [2.05, 4.69) is 46.3 Å². The van der Waals surface area contributed by atoms with Gasteiger partial charge in [0.05, 0.1) is 57.6 Å². The number of aliphatic hydroxyl groups excluding tert-OH is 1. The van der Waals surface area contributed by atoms with Crippen LogP contribution in [0.2, 0.25) is 5.02 Å². The Hall–Kier alpha value is -6.50. The molecule has 2 saturated heterocycles. The van der Waals surface area contributed by atoms with Gasteiger partial charge in [0.25, 0.3) is 5.91 Å². The predicted octanol–water partition coefficient (Wildman–Crippen LogP) is 4.78. The van der Waals surface area contributed by atoms with Gasteiger partial charge in [-0.3, -0.25) is 38.8 Å². The maximum absolute atomic E-state index is 14.2. The number of piperazine rings is 1. The van der Waals surface area contributed by atoms with Gasteiger partial charge in [0, 0.05) is 63.5 Å². The SMILES string of the molecule is C/C(=N\OCCN1CCN(CC(=O)N[C@H](C(=O)N2C[C@H](O)C[C@H]2C(=O)N[C@@H](C)c2ccc(-c3scnc3C)cc2)C(C)(C)C)CC1)c1cc(C(=O)N[C@@H](C)Cn2ccc(-c3ccc(C#N)c(Cl)c3)n2)[nH]n1. The minimum absolute atomic E-state index is 0.00669. The van der Waals surface area contributed by atoms with E-state index >= 15 is 0 Å². The smallest absolute Gasteiger partial charge is 0.269 e. The van der Waals surface area contributed by atoms with Crippen molar-refractivity contribution in [2.75, 3.05) is 52.4 Å². The summed E-state index contributed by atoms with van der Waals surface area (Å²) in [4.78, 5) is 71.2. The zero-order valence-electron chi connectivity index (χ0n) is 41.1. The standard InChI is InChI=1S/C50H62ClN13O6S/c1-30(26-63-15-14-40(59-63)36-12-13-37(25-52)39(51)22-36)54-47(67)42-24-41(57-58-42)32(3)60-70-21-20-61-16-18-62(19-17-61)28-44(66)56-46(50(5,6)7)49(69)64-27-38(65)23-43(64)48(68)55-31(2)34-8-10-35(11-9-34)45-33(4)53-29-71-45/h8-15,22,24,29-31,38,43,46,65H,16-21,23,26-28H2,1-7H3,(H,54,67)(H,55,68)(H,56,66)(H,57,58)/b60-32+/t30-,31-,38+,43-,46+/m0/s1. The van der Waals surface area contributed by atoms with Crippen LogP contribution in [0.5, 0.6) is 0 Å². The number of amides is 4. The topological polar surface area (TPSA) is 239 Å². The van der Waals surface area contributed by atoms with Crippen molar-refractivity contribution in [3.63, 3.8) is 0 Å². The number of aliphatic hydroxyl groups is 1. The van der Waals surface area contributed by atoms with Gasteiger partial charge < -0.3 is 30.8 Å². The molecule has 0 radical (unpaired) electrons. The number of hydrogen-bond donors (Lipinski definition) is 5. The van der Waals surface area contributed by atoms with Gasteiger partial charge >= 0.3 is 0 Å². The van der Waals surface area contributed by atoms with Gasteiger partial charge in [-0.1, -0.05) is 67.9 Å². The van der Waals surface area contributed by atoms with Crippen LogP contribution in [0.15, 0.2) is 71.5 Å². The highest BCUT2D eigenvalue weighted by Gasteiger charge is 2.45. The zero-order valence-corrected chi connectivity index (χ0v) is 42.7. The number of nitrogens with zero attached hydrogens (tertiary/aromatic N) is 9. The lowest BCUT2D eigenvalue weighted by molar-refractivity contribution is -0.144. The molecule has 2 fully saturated rings. The Kier molecular flexibility index (Phi) is 17.1. The van der Waals surface area contributed by atoms with Gasteiger partial charge in [-0.05, 0) is 68.5 Å². The molecule has 7 rings (SSSR count). The summed E-state index contributed by atoms with van der Waals surface area (Å²) < 4.78 is 1.73. The number of hydrogen-bond acceptors (Lipinski definition) is 14. The average Bonchev–Trinajstić information content (AvgIpc) is 4.18. The van der Waals surface area contributed by atoms with Gasteiger partial charge in [-0.2, -0.15) is 15.5 Å². The Labute approximate surface area is 422 Å². The number of likely N-dealkylation sites (tertiary alicyclic amines) is 1. The van der Waals surface area contributed by atoms with Crippen molar-refractivity contribution in [3.8, 4) is 27.8 Å². The van der Waals surface area contributed by atoms with Crippen molar-refractivity contribution in [2.45, 2.75) is 91.7 Å². The molecule has 5 heterocycles. The lowest BCUT2D eigenvalue weighted by Crippen LogP contribution is -2.59. The van der Waals surface area contributed by atoms with Crippen molar-refractivity contribution >= 4 is 52.3 Å². The largest absolute Gasteiger partial charge is 0.394 e. The third-order valence-electron chi connectivity index (χ3n) is 12.7. The van der Waals surface area contributed by atoms with E-state index in [1.54, 1.807) is 47.2 Å². The molecular weight excluding hydrogens is 946 g/mol. The molecule has 0 aliphatic carbocycles. The number of rotatable bonds is 18. The van der Waals surface area contributed by atoms with E-state index in [1.807, 2.05) is 94.6 Å². The zero-order chi connectivity index (χ0) is 51.0. The van der Waals surface area contributed by atoms with E-state index in [9.17, 15) is 24.3 Å². The molecule has 19 nitrogen and oxygen atoms in total. The van der Waals surface area contributed by atoms with E-state index in [1.165, 1.54) is 4.90 Å². The molecule has 2 aromatic carbocycles. The Morgan fingerprint density at radius 2 is 1.73 bits per heavy atom. The number of nitrogens with one attached hydrogen (secondary N) is 4. The molecule has 71 heavy (non-hydrogen) atoms.